The summed E-state index contributed by atoms with van der Waals surface area (Å²) >= 11 is 0. The number of alkyl carbamates (subject to hydrolysis) is 1. The van der Waals surface area contributed by atoms with Crippen molar-refractivity contribution in [1.82, 2.24) is 5.32 Å². The molecule has 13 heavy (non-hydrogen) atoms. The molecule has 0 aromatic heterocycles. The maximum atomic E-state index is 11.1. The minimum absolute atomic E-state index is 0.0347. The van der Waals surface area contributed by atoms with Crippen LogP contribution in [-0.2, 0) is 9.53 Å². The maximum Gasteiger partial charge on any atom is 0.414 e. The van der Waals surface area contributed by atoms with Crippen LogP contribution in [0.2, 0.25) is 0 Å². The first-order valence-electron chi connectivity index (χ1n) is 4.42. The van der Waals surface area contributed by atoms with E-state index in [1.54, 1.807) is 20.8 Å². The van der Waals surface area contributed by atoms with Crippen LogP contribution in [-0.4, -0.2) is 17.6 Å². The van der Waals surface area contributed by atoms with E-state index < -0.39 is 11.7 Å². The van der Waals surface area contributed by atoms with Crippen molar-refractivity contribution in [3.8, 4) is 0 Å². The molecule has 1 fully saturated rings. The Kier molecular flexibility index (Phi) is 2.59. The molecule has 1 rings (SSSR count). The second-order valence-corrected chi connectivity index (χ2v) is 4.27. The van der Waals surface area contributed by atoms with Crippen molar-refractivity contribution in [3.05, 3.63) is 0 Å². The summed E-state index contributed by atoms with van der Waals surface area (Å²) < 4.78 is 4.92. The van der Waals surface area contributed by atoms with Gasteiger partial charge in [0.2, 0.25) is 5.91 Å². The van der Waals surface area contributed by atoms with E-state index in [0.29, 0.717) is 0 Å². The molecule has 74 valence electrons. The topological polar surface area (TPSA) is 55.4 Å². The lowest BCUT2D eigenvalue weighted by atomic mass is 10.2. The van der Waals surface area contributed by atoms with Crippen LogP contribution in [0.15, 0.2) is 0 Å². The molecule has 0 saturated heterocycles. The molecule has 4 nitrogen and oxygen atoms in total. The molecule has 0 unspecified atom stereocenters. The first kappa shape index (κ1) is 10.0. The second kappa shape index (κ2) is 3.36. The van der Waals surface area contributed by atoms with Crippen molar-refractivity contribution in [1.29, 1.82) is 0 Å². The molecule has 0 radical (unpaired) electrons. The lowest BCUT2D eigenvalue weighted by Crippen LogP contribution is -2.37. The molecule has 0 aromatic carbocycles. The van der Waals surface area contributed by atoms with Crippen molar-refractivity contribution in [2.24, 2.45) is 5.92 Å². The molecular weight excluding hydrogens is 170 g/mol. The van der Waals surface area contributed by atoms with Crippen molar-refractivity contribution in [2.75, 3.05) is 0 Å². The van der Waals surface area contributed by atoms with Gasteiger partial charge in [-0.3, -0.25) is 10.1 Å². The van der Waals surface area contributed by atoms with E-state index in [2.05, 4.69) is 5.32 Å². The average molecular weight is 185 g/mol. The summed E-state index contributed by atoms with van der Waals surface area (Å²) in [5, 5.41) is 2.20. The Labute approximate surface area is 77.6 Å². The fourth-order valence-electron chi connectivity index (χ4n) is 0.852. The maximum absolute atomic E-state index is 11.1. The highest BCUT2D eigenvalue weighted by Gasteiger charge is 2.31. The van der Waals surface area contributed by atoms with Gasteiger partial charge in [-0.25, -0.2) is 4.79 Å². The van der Waals surface area contributed by atoms with Crippen molar-refractivity contribution in [2.45, 2.75) is 39.2 Å². The van der Waals surface area contributed by atoms with Gasteiger partial charge in [0.05, 0.1) is 0 Å². The number of carbonyl (C=O) groups is 2. The van der Waals surface area contributed by atoms with E-state index in [-0.39, 0.29) is 11.8 Å². The monoisotopic (exact) mass is 185 g/mol. The van der Waals surface area contributed by atoms with Crippen LogP contribution in [0.3, 0.4) is 0 Å². The average Bonchev–Trinajstić information content (AvgIpc) is 2.60. The summed E-state index contributed by atoms with van der Waals surface area (Å²) in [5.74, 6) is -0.179. The molecular formula is C9H15NO3. The molecule has 2 amide bonds. The van der Waals surface area contributed by atoms with E-state index in [1.165, 1.54) is 0 Å². The number of nitrogens with one attached hydrogen (secondary N) is 1. The molecule has 1 aliphatic rings. The van der Waals surface area contributed by atoms with Crippen LogP contribution in [0.4, 0.5) is 4.79 Å². The lowest BCUT2D eigenvalue weighted by molar-refractivity contribution is -0.121. The summed E-state index contributed by atoms with van der Waals surface area (Å²) in [7, 11) is 0. The van der Waals surface area contributed by atoms with Crippen LogP contribution < -0.4 is 5.32 Å². The summed E-state index contributed by atoms with van der Waals surface area (Å²) in [6.45, 7) is 5.27. The molecule has 0 bridgehead atoms. The van der Waals surface area contributed by atoms with Crippen molar-refractivity contribution < 1.29 is 14.3 Å². The molecule has 0 atom stereocenters. The molecule has 1 aliphatic carbocycles. The standard InChI is InChI=1S/C9H15NO3/c1-9(2,3)13-8(12)10-7(11)6-4-5-6/h6H,4-5H2,1-3H3,(H,10,11,12). The summed E-state index contributed by atoms with van der Waals surface area (Å²) in [4.78, 5) is 22.1. The van der Waals surface area contributed by atoms with Gasteiger partial charge < -0.3 is 4.74 Å². The molecule has 0 aromatic rings. The zero-order valence-electron chi connectivity index (χ0n) is 8.22. The number of amides is 2. The van der Waals surface area contributed by atoms with Crippen LogP contribution in [0, 0.1) is 5.92 Å². The van der Waals surface area contributed by atoms with Gasteiger partial charge in [0.15, 0.2) is 0 Å². The van der Waals surface area contributed by atoms with Crippen molar-refractivity contribution in [3.63, 3.8) is 0 Å². The third-order valence-corrected chi connectivity index (χ3v) is 1.57. The normalized spacial score (nSPS) is 16.5. The molecule has 1 N–H and O–H groups in total. The molecule has 0 heterocycles. The largest absolute Gasteiger partial charge is 0.444 e. The van der Waals surface area contributed by atoms with E-state index in [9.17, 15) is 9.59 Å². The number of carbonyl (C=O) groups excluding carboxylic acids is 2. The first-order valence-corrected chi connectivity index (χ1v) is 4.42. The Bertz CT molecular complexity index is 226. The van der Waals surface area contributed by atoms with Gasteiger partial charge in [0.1, 0.15) is 5.60 Å². The zero-order valence-corrected chi connectivity index (χ0v) is 8.22. The Balaban J connectivity index is 2.28. The zero-order chi connectivity index (χ0) is 10.1. The number of rotatable bonds is 1. The molecule has 1 saturated carbocycles. The van der Waals surface area contributed by atoms with Gasteiger partial charge in [-0.2, -0.15) is 0 Å². The molecule has 4 heteroatoms. The van der Waals surface area contributed by atoms with Gasteiger partial charge >= 0.3 is 6.09 Å². The third-order valence-electron chi connectivity index (χ3n) is 1.57. The van der Waals surface area contributed by atoms with Gasteiger partial charge in [-0.05, 0) is 33.6 Å². The molecule has 0 aliphatic heterocycles. The van der Waals surface area contributed by atoms with Gasteiger partial charge in [0, 0.05) is 5.92 Å². The highest BCUT2D eigenvalue weighted by atomic mass is 16.6. The van der Waals surface area contributed by atoms with E-state index in [4.69, 9.17) is 4.74 Å². The summed E-state index contributed by atoms with van der Waals surface area (Å²) in [5.41, 5.74) is -0.548. The minimum atomic E-state index is -0.649. The summed E-state index contributed by atoms with van der Waals surface area (Å²) in [6, 6.07) is 0. The highest BCUT2D eigenvalue weighted by molar-refractivity contribution is 5.94. The van der Waals surface area contributed by atoms with Crippen LogP contribution >= 0.6 is 0 Å². The first-order chi connectivity index (χ1) is 5.88. The Morgan fingerprint density at radius 2 is 1.85 bits per heavy atom. The predicted octanol–water partition coefficient (Wildman–Crippen LogP) is 1.45. The summed E-state index contributed by atoms with van der Waals surface area (Å²) in [6.07, 6.45) is 1.12. The van der Waals surface area contributed by atoms with Gasteiger partial charge in [0.25, 0.3) is 0 Å². The number of imide groups is 1. The van der Waals surface area contributed by atoms with Gasteiger partial charge in [-0.15, -0.1) is 0 Å². The van der Waals surface area contributed by atoms with Crippen LogP contribution in [0.25, 0.3) is 0 Å². The lowest BCUT2D eigenvalue weighted by Gasteiger charge is -2.19. The van der Waals surface area contributed by atoms with Crippen molar-refractivity contribution >= 4 is 12.0 Å². The van der Waals surface area contributed by atoms with E-state index in [1.807, 2.05) is 0 Å². The quantitative estimate of drug-likeness (QED) is 0.672. The number of hydrogen-bond donors (Lipinski definition) is 1. The third kappa shape index (κ3) is 3.92. The number of hydrogen-bond acceptors (Lipinski definition) is 3. The predicted molar refractivity (Wildman–Crippen MR) is 47.1 cm³/mol. The minimum Gasteiger partial charge on any atom is -0.444 e. The smallest absolute Gasteiger partial charge is 0.414 e. The van der Waals surface area contributed by atoms with Gasteiger partial charge in [-0.1, -0.05) is 0 Å². The Morgan fingerprint density at radius 3 is 2.23 bits per heavy atom. The van der Waals surface area contributed by atoms with E-state index in [0.717, 1.165) is 12.8 Å². The fourth-order valence-corrected chi connectivity index (χ4v) is 0.852. The van der Waals surface area contributed by atoms with E-state index >= 15 is 0 Å². The molecule has 0 spiro atoms. The van der Waals surface area contributed by atoms with Crippen LogP contribution in [0.1, 0.15) is 33.6 Å². The SMILES string of the molecule is CC(C)(C)OC(=O)NC(=O)C1CC1. The Hall–Kier alpha value is -1.06. The fraction of sp³-hybridized carbons (Fsp3) is 0.778. The highest BCUT2D eigenvalue weighted by Crippen LogP contribution is 2.28. The Morgan fingerprint density at radius 1 is 1.31 bits per heavy atom. The van der Waals surface area contributed by atoms with Crippen LogP contribution in [0.5, 0.6) is 0 Å². The number of ether oxygens (including phenoxy) is 1. The second-order valence-electron chi connectivity index (χ2n) is 4.27.